The van der Waals surface area contributed by atoms with Crippen LogP contribution in [0.5, 0.6) is 0 Å². The van der Waals surface area contributed by atoms with Gasteiger partial charge in [-0.05, 0) is 49.7 Å². The fraction of sp³-hybridized carbons (Fsp3) is 0.167. The van der Waals surface area contributed by atoms with Gasteiger partial charge in [0.05, 0.1) is 5.52 Å². The number of benzene rings is 2. The third-order valence-corrected chi connectivity index (χ3v) is 3.65. The maximum absolute atomic E-state index is 5.79. The Morgan fingerprint density at radius 1 is 1.00 bits per heavy atom. The molecule has 3 N–H and O–H groups in total. The largest absolute Gasteiger partial charge is 0.399 e. The molecule has 1 atom stereocenters. The van der Waals surface area contributed by atoms with Gasteiger partial charge in [-0.15, -0.1) is 0 Å². The summed E-state index contributed by atoms with van der Waals surface area (Å²) in [5, 5.41) is 4.50. The number of fused-ring (bicyclic) bond motifs is 1. The number of pyridine rings is 1. The number of hydrogen-bond donors (Lipinski definition) is 2. The molecule has 3 heteroatoms. The molecule has 1 aromatic heterocycles. The van der Waals surface area contributed by atoms with Crippen LogP contribution in [0.25, 0.3) is 10.9 Å². The summed E-state index contributed by atoms with van der Waals surface area (Å²) < 4.78 is 0. The van der Waals surface area contributed by atoms with Crippen molar-refractivity contribution in [2.75, 3.05) is 11.1 Å². The highest BCUT2D eigenvalue weighted by atomic mass is 15.0. The molecular formula is C18H19N3. The monoisotopic (exact) mass is 277 g/mol. The summed E-state index contributed by atoms with van der Waals surface area (Å²) >= 11 is 0. The van der Waals surface area contributed by atoms with Crippen molar-refractivity contribution in [3.63, 3.8) is 0 Å². The van der Waals surface area contributed by atoms with Gasteiger partial charge in [0.15, 0.2) is 0 Å². The van der Waals surface area contributed by atoms with Crippen LogP contribution < -0.4 is 11.1 Å². The second kappa shape index (κ2) is 5.44. The SMILES string of the molecule is Cc1ccc(C(C)Nc2ccc3cc(N)ccc3n2)cc1. The van der Waals surface area contributed by atoms with Gasteiger partial charge < -0.3 is 11.1 Å². The number of anilines is 2. The average molecular weight is 277 g/mol. The molecule has 1 unspecified atom stereocenters. The minimum absolute atomic E-state index is 0.212. The van der Waals surface area contributed by atoms with Gasteiger partial charge in [0.2, 0.25) is 0 Å². The molecule has 0 bridgehead atoms. The first kappa shape index (κ1) is 13.4. The molecule has 3 aromatic rings. The lowest BCUT2D eigenvalue weighted by Crippen LogP contribution is -2.07. The number of nitrogens with one attached hydrogen (secondary N) is 1. The number of aromatic nitrogens is 1. The van der Waals surface area contributed by atoms with Crippen molar-refractivity contribution in [2.24, 2.45) is 0 Å². The first-order valence-corrected chi connectivity index (χ1v) is 7.11. The number of aryl methyl sites for hydroxylation is 1. The van der Waals surface area contributed by atoms with Crippen LogP contribution >= 0.6 is 0 Å². The maximum Gasteiger partial charge on any atom is 0.127 e. The van der Waals surface area contributed by atoms with E-state index in [9.17, 15) is 0 Å². The van der Waals surface area contributed by atoms with Crippen molar-refractivity contribution in [1.29, 1.82) is 0 Å². The zero-order valence-electron chi connectivity index (χ0n) is 12.3. The van der Waals surface area contributed by atoms with Crippen LogP contribution in [0.3, 0.4) is 0 Å². The van der Waals surface area contributed by atoms with E-state index >= 15 is 0 Å². The molecule has 3 rings (SSSR count). The predicted molar refractivity (Wildman–Crippen MR) is 89.4 cm³/mol. The lowest BCUT2D eigenvalue weighted by atomic mass is 10.1. The normalized spacial score (nSPS) is 12.3. The van der Waals surface area contributed by atoms with E-state index in [1.807, 2.05) is 30.3 Å². The zero-order valence-corrected chi connectivity index (χ0v) is 12.3. The molecule has 2 aromatic carbocycles. The molecule has 0 saturated heterocycles. The Hall–Kier alpha value is -2.55. The molecule has 0 radical (unpaired) electrons. The Bertz CT molecular complexity index is 763. The smallest absolute Gasteiger partial charge is 0.127 e. The van der Waals surface area contributed by atoms with Gasteiger partial charge in [-0.1, -0.05) is 29.8 Å². The summed E-state index contributed by atoms with van der Waals surface area (Å²) in [5.41, 5.74) is 10.0. The van der Waals surface area contributed by atoms with Crippen molar-refractivity contribution in [1.82, 2.24) is 4.98 Å². The average Bonchev–Trinajstić information content (AvgIpc) is 2.48. The molecule has 106 valence electrons. The maximum atomic E-state index is 5.79. The zero-order chi connectivity index (χ0) is 14.8. The molecule has 0 aliphatic heterocycles. The van der Waals surface area contributed by atoms with E-state index in [0.29, 0.717) is 0 Å². The third-order valence-electron chi connectivity index (χ3n) is 3.65. The Morgan fingerprint density at radius 3 is 2.52 bits per heavy atom. The molecular weight excluding hydrogens is 258 g/mol. The minimum Gasteiger partial charge on any atom is -0.399 e. The lowest BCUT2D eigenvalue weighted by Gasteiger charge is -2.15. The fourth-order valence-corrected chi connectivity index (χ4v) is 2.38. The molecule has 0 amide bonds. The highest BCUT2D eigenvalue weighted by molar-refractivity contribution is 5.83. The topological polar surface area (TPSA) is 50.9 Å². The van der Waals surface area contributed by atoms with Crippen LogP contribution in [0.15, 0.2) is 54.6 Å². The van der Waals surface area contributed by atoms with E-state index in [2.05, 4.69) is 48.4 Å². The summed E-state index contributed by atoms with van der Waals surface area (Å²) in [6.07, 6.45) is 0. The Labute approximate surface area is 124 Å². The van der Waals surface area contributed by atoms with E-state index in [1.165, 1.54) is 11.1 Å². The summed E-state index contributed by atoms with van der Waals surface area (Å²) in [6, 6.07) is 18.6. The number of rotatable bonds is 3. The molecule has 0 fully saturated rings. The molecule has 0 spiro atoms. The van der Waals surface area contributed by atoms with Gasteiger partial charge >= 0.3 is 0 Å². The molecule has 1 heterocycles. The van der Waals surface area contributed by atoms with Gasteiger partial charge in [0, 0.05) is 17.1 Å². The van der Waals surface area contributed by atoms with E-state index in [-0.39, 0.29) is 6.04 Å². The first-order chi connectivity index (χ1) is 10.1. The van der Waals surface area contributed by atoms with Gasteiger partial charge in [0.25, 0.3) is 0 Å². The van der Waals surface area contributed by atoms with Crippen molar-refractivity contribution in [3.05, 3.63) is 65.7 Å². The van der Waals surface area contributed by atoms with Crippen LogP contribution in [-0.4, -0.2) is 4.98 Å². The fourth-order valence-electron chi connectivity index (χ4n) is 2.38. The standard InChI is InChI=1S/C18H19N3/c1-12-3-5-14(6-4-12)13(2)20-18-10-7-15-11-16(19)8-9-17(15)21-18/h3-11,13H,19H2,1-2H3,(H,20,21). The second-order valence-electron chi connectivity index (χ2n) is 5.43. The van der Waals surface area contributed by atoms with E-state index < -0.39 is 0 Å². The van der Waals surface area contributed by atoms with Crippen LogP contribution in [-0.2, 0) is 0 Å². The molecule has 3 nitrogen and oxygen atoms in total. The number of hydrogen-bond acceptors (Lipinski definition) is 3. The van der Waals surface area contributed by atoms with Crippen molar-refractivity contribution >= 4 is 22.4 Å². The second-order valence-corrected chi connectivity index (χ2v) is 5.43. The molecule has 21 heavy (non-hydrogen) atoms. The van der Waals surface area contributed by atoms with Gasteiger partial charge in [-0.2, -0.15) is 0 Å². The Morgan fingerprint density at radius 2 is 1.76 bits per heavy atom. The van der Waals surface area contributed by atoms with Crippen molar-refractivity contribution < 1.29 is 0 Å². The number of nitrogens with two attached hydrogens (primary N) is 1. The highest BCUT2D eigenvalue weighted by Crippen LogP contribution is 2.22. The summed E-state index contributed by atoms with van der Waals surface area (Å²) in [4.78, 5) is 4.63. The Kier molecular flexibility index (Phi) is 3.48. The minimum atomic E-state index is 0.212. The van der Waals surface area contributed by atoms with E-state index in [4.69, 9.17) is 5.73 Å². The van der Waals surface area contributed by atoms with Crippen molar-refractivity contribution in [2.45, 2.75) is 19.9 Å². The van der Waals surface area contributed by atoms with E-state index in [0.717, 1.165) is 22.4 Å². The molecule has 0 saturated carbocycles. The first-order valence-electron chi connectivity index (χ1n) is 7.11. The van der Waals surface area contributed by atoms with Gasteiger partial charge in [0.1, 0.15) is 5.82 Å². The molecule has 0 aliphatic carbocycles. The van der Waals surface area contributed by atoms with Gasteiger partial charge in [-0.3, -0.25) is 0 Å². The third kappa shape index (κ3) is 2.97. The molecule has 0 aliphatic rings. The highest BCUT2D eigenvalue weighted by Gasteiger charge is 2.06. The predicted octanol–water partition coefficient (Wildman–Crippen LogP) is 4.30. The van der Waals surface area contributed by atoms with Gasteiger partial charge in [-0.25, -0.2) is 4.98 Å². The van der Waals surface area contributed by atoms with Crippen LogP contribution in [0.2, 0.25) is 0 Å². The lowest BCUT2D eigenvalue weighted by molar-refractivity contribution is 0.876. The summed E-state index contributed by atoms with van der Waals surface area (Å²) in [5.74, 6) is 0.875. The quantitative estimate of drug-likeness (QED) is 0.702. The Balaban J connectivity index is 1.84. The van der Waals surface area contributed by atoms with Crippen LogP contribution in [0, 0.1) is 6.92 Å². The number of nitrogen functional groups attached to an aromatic ring is 1. The van der Waals surface area contributed by atoms with Crippen LogP contribution in [0.4, 0.5) is 11.5 Å². The van der Waals surface area contributed by atoms with Crippen molar-refractivity contribution in [3.8, 4) is 0 Å². The van der Waals surface area contributed by atoms with E-state index in [1.54, 1.807) is 0 Å². The summed E-state index contributed by atoms with van der Waals surface area (Å²) in [6.45, 7) is 4.23. The number of nitrogens with zero attached hydrogens (tertiary/aromatic N) is 1. The summed E-state index contributed by atoms with van der Waals surface area (Å²) in [7, 11) is 0. The van der Waals surface area contributed by atoms with Crippen LogP contribution in [0.1, 0.15) is 24.1 Å².